The number of ether oxygens (including phenoxy) is 1. The molecule has 0 aliphatic heterocycles. The van der Waals surface area contributed by atoms with Crippen LogP contribution in [0.5, 0.6) is 5.75 Å². The molecule has 6 nitrogen and oxygen atoms in total. The first kappa shape index (κ1) is 17.6. The van der Waals surface area contributed by atoms with Crippen molar-refractivity contribution < 1.29 is 13.9 Å². The Bertz CT molecular complexity index is 1010. The van der Waals surface area contributed by atoms with Gasteiger partial charge in [-0.3, -0.25) is 14.3 Å². The SMILES string of the molecule is CCOc1ccc(NC(=O)c2nn(CC)c3ccc(F)cc3c2=O)cc1. The second kappa shape index (κ2) is 7.35. The van der Waals surface area contributed by atoms with Crippen LogP contribution in [-0.2, 0) is 6.54 Å². The number of rotatable bonds is 5. The van der Waals surface area contributed by atoms with Crippen molar-refractivity contribution >= 4 is 22.5 Å². The minimum absolute atomic E-state index is 0.124. The summed E-state index contributed by atoms with van der Waals surface area (Å²) in [5, 5.41) is 6.90. The molecule has 7 heteroatoms. The topological polar surface area (TPSA) is 73.2 Å². The monoisotopic (exact) mass is 355 g/mol. The number of hydrogen-bond acceptors (Lipinski definition) is 4. The summed E-state index contributed by atoms with van der Waals surface area (Å²) in [6.45, 7) is 4.68. The number of benzene rings is 2. The summed E-state index contributed by atoms with van der Waals surface area (Å²) >= 11 is 0. The van der Waals surface area contributed by atoms with E-state index in [-0.39, 0.29) is 11.1 Å². The molecule has 1 amide bonds. The average molecular weight is 355 g/mol. The second-order valence-corrected chi connectivity index (χ2v) is 5.57. The van der Waals surface area contributed by atoms with Crippen molar-refractivity contribution in [2.24, 2.45) is 0 Å². The van der Waals surface area contributed by atoms with Gasteiger partial charge in [-0.25, -0.2) is 4.39 Å². The summed E-state index contributed by atoms with van der Waals surface area (Å²) in [5.41, 5.74) is 0.102. The lowest BCUT2D eigenvalue weighted by Crippen LogP contribution is -2.27. The van der Waals surface area contributed by atoms with E-state index in [9.17, 15) is 14.0 Å². The van der Waals surface area contributed by atoms with E-state index in [4.69, 9.17) is 4.74 Å². The normalized spacial score (nSPS) is 10.7. The largest absolute Gasteiger partial charge is 0.494 e. The van der Waals surface area contributed by atoms with E-state index in [1.165, 1.54) is 16.8 Å². The van der Waals surface area contributed by atoms with Gasteiger partial charge in [-0.05, 0) is 56.3 Å². The fourth-order valence-corrected chi connectivity index (χ4v) is 2.64. The number of carbonyl (C=O) groups is 1. The van der Waals surface area contributed by atoms with E-state index in [2.05, 4.69) is 10.4 Å². The van der Waals surface area contributed by atoms with Gasteiger partial charge in [-0.15, -0.1) is 0 Å². The molecule has 0 atom stereocenters. The molecule has 0 fully saturated rings. The quantitative estimate of drug-likeness (QED) is 0.763. The van der Waals surface area contributed by atoms with Crippen LogP contribution in [0.1, 0.15) is 24.3 Å². The summed E-state index contributed by atoms with van der Waals surface area (Å²) < 4.78 is 20.4. The maximum atomic E-state index is 13.6. The maximum Gasteiger partial charge on any atom is 0.280 e. The minimum atomic E-state index is -0.646. The number of aromatic nitrogens is 2. The molecule has 0 radical (unpaired) electrons. The fourth-order valence-electron chi connectivity index (χ4n) is 2.64. The van der Waals surface area contributed by atoms with Gasteiger partial charge < -0.3 is 10.1 Å². The lowest BCUT2D eigenvalue weighted by Gasteiger charge is -2.11. The van der Waals surface area contributed by atoms with Crippen LogP contribution in [0.25, 0.3) is 10.9 Å². The number of fused-ring (bicyclic) bond motifs is 1. The molecule has 0 saturated carbocycles. The third-order valence-electron chi connectivity index (χ3n) is 3.85. The third-order valence-corrected chi connectivity index (χ3v) is 3.85. The van der Waals surface area contributed by atoms with E-state index in [1.807, 2.05) is 13.8 Å². The number of nitrogens with one attached hydrogen (secondary N) is 1. The Labute approximate surface area is 149 Å². The third kappa shape index (κ3) is 3.42. The minimum Gasteiger partial charge on any atom is -0.494 e. The van der Waals surface area contributed by atoms with Crippen molar-refractivity contribution in [2.45, 2.75) is 20.4 Å². The fraction of sp³-hybridized carbons (Fsp3) is 0.211. The van der Waals surface area contributed by atoms with Gasteiger partial charge in [0.15, 0.2) is 5.69 Å². The highest BCUT2D eigenvalue weighted by Gasteiger charge is 2.18. The van der Waals surface area contributed by atoms with Crippen molar-refractivity contribution in [3.05, 3.63) is 64.2 Å². The van der Waals surface area contributed by atoms with Crippen LogP contribution in [0, 0.1) is 5.82 Å². The van der Waals surface area contributed by atoms with Crippen LogP contribution in [0.15, 0.2) is 47.3 Å². The van der Waals surface area contributed by atoms with Crippen LogP contribution >= 0.6 is 0 Å². The number of aryl methyl sites for hydroxylation is 1. The van der Waals surface area contributed by atoms with Crippen molar-refractivity contribution in [3.8, 4) is 5.75 Å². The molecular weight excluding hydrogens is 337 g/mol. The Morgan fingerprint density at radius 3 is 2.58 bits per heavy atom. The number of carbonyl (C=O) groups excluding carboxylic acids is 1. The number of hydrogen-bond donors (Lipinski definition) is 1. The number of nitrogens with zero attached hydrogens (tertiary/aromatic N) is 2. The lowest BCUT2D eigenvalue weighted by atomic mass is 10.2. The van der Waals surface area contributed by atoms with Gasteiger partial charge in [0.05, 0.1) is 17.5 Å². The summed E-state index contributed by atoms with van der Waals surface area (Å²) in [5.74, 6) is -0.507. The van der Waals surface area contributed by atoms with Gasteiger partial charge >= 0.3 is 0 Å². The Balaban J connectivity index is 1.97. The zero-order valence-corrected chi connectivity index (χ0v) is 14.5. The molecular formula is C19H18FN3O3. The van der Waals surface area contributed by atoms with E-state index in [1.54, 1.807) is 24.3 Å². The summed E-state index contributed by atoms with van der Waals surface area (Å²) in [6, 6.07) is 10.6. The van der Waals surface area contributed by atoms with Crippen molar-refractivity contribution in [2.75, 3.05) is 11.9 Å². The molecule has 1 N–H and O–H groups in total. The van der Waals surface area contributed by atoms with Crippen LogP contribution in [-0.4, -0.2) is 22.3 Å². The zero-order valence-electron chi connectivity index (χ0n) is 14.5. The molecule has 3 rings (SSSR count). The number of amides is 1. The first-order valence-electron chi connectivity index (χ1n) is 8.28. The standard InChI is InChI=1S/C19H18FN3O3/c1-3-23-16-10-5-12(20)11-15(16)18(24)17(22-23)19(25)21-13-6-8-14(9-7-13)26-4-2/h5-11H,3-4H2,1-2H3,(H,21,25). The molecule has 0 spiro atoms. The smallest absolute Gasteiger partial charge is 0.280 e. The van der Waals surface area contributed by atoms with E-state index in [0.717, 1.165) is 6.07 Å². The van der Waals surface area contributed by atoms with Gasteiger partial charge in [0, 0.05) is 12.2 Å². The molecule has 2 aromatic carbocycles. The van der Waals surface area contributed by atoms with Crippen LogP contribution in [0.4, 0.5) is 10.1 Å². The van der Waals surface area contributed by atoms with Gasteiger partial charge in [0.25, 0.3) is 5.91 Å². The molecule has 0 saturated heterocycles. The van der Waals surface area contributed by atoms with Gasteiger partial charge in [0.2, 0.25) is 5.43 Å². The van der Waals surface area contributed by atoms with Crippen LogP contribution in [0.2, 0.25) is 0 Å². The Hall–Kier alpha value is -3.22. The Morgan fingerprint density at radius 1 is 1.19 bits per heavy atom. The molecule has 1 aromatic heterocycles. The molecule has 1 heterocycles. The van der Waals surface area contributed by atoms with Crippen molar-refractivity contribution in [1.82, 2.24) is 9.78 Å². The molecule has 0 aliphatic rings. The maximum absolute atomic E-state index is 13.6. The van der Waals surface area contributed by atoms with Crippen molar-refractivity contribution in [1.29, 1.82) is 0 Å². The van der Waals surface area contributed by atoms with E-state index in [0.29, 0.717) is 30.1 Å². The average Bonchev–Trinajstić information content (AvgIpc) is 2.64. The van der Waals surface area contributed by atoms with Crippen LogP contribution < -0.4 is 15.5 Å². The van der Waals surface area contributed by atoms with Crippen molar-refractivity contribution in [3.63, 3.8) is 0 Å². The number of anilines is 1. The Kier molecular flexibility index (Phi) is 4.97. The first-order valence-corrected chi connectivity index (χ1v) is 8.28. The van der Waals surface area contributed by atoms with Gasteiger partial charge in [-0.2, -0.15) is 5.10 Å². The van der Waals surface area contributed by atoms with E-state index < -0.39 is 17.2 Å². The molecule has 0 bridgehead atoms. The summed E-state index contributed by atoms with van der Waals surface area (Å²) in [6.07, 6.45) is 0. The molecule has 0 unspecified atom stereocenters. The summed E-state index contributed by atoms with van der Waals surface area (Å²) in [4.78, 5) is 25.1. The van der Waals surface area contributed by atoms with Gasteiger partial charge in [0.1, 0.15) is 11.6 Å². The first-order chi connectivity index (χ1) is 12.5. The molecule has 0 aliphatic carbocycles. The highest BCUT2D eigenvalue weighted by molar-refractivity contribution is 6.04. The highest BCUT2D eigenvalue weighted by atomic mass is 19.1. The summed E-state index contributed by atoms with van der Waals surface area (Å²) in [7, 11) is 0. The number of halogens is 1. The second-order valence-electron chi connectivity index (χ2n) is 5.57. The predicted molar refractivity (Wildman–Crippen MR) is 97.2 cm³/mol. The molecule has 134 valence electrons. The predicted octanol–water partition coefficient (Wildman–Crippen LogP) is 3.21. The van der Waals surface area contributed by atoms with Gasteiger partial charge in [-0.1, -0.05) is 0 Å². The molecule has 26 heavy (non-hydrogen) atoms. The van der Waals surface area contributed by atoms with E-state index >= 15 is 0 Å². The zero-order chi connectivity index (χ0) is 18.7. The van der Waals surface area contributed by atoms with Crippen LogP contribution in [0.3, 0.4) is 0 Å². The Morgan fingerprint density at radius 2 is 1.92 bits per heavy atom. The highest BCUT2D eigenvalue weighted by Crippen LogP contribution is 2.17. The molecule has 3 aromatic rings. The lowest BCUT2D eigenvalue weighted by molar-refractivity contribution is 0.101.